The van der Waals surface area contributed by atoms with Crippen LogP contribution in [0.25, 0.3) is 0 Å². The molecule has 0 aliphatic carbocycles. The first kappa shape index (κ1) is 15.2. The minimum Gasteiger partial charge on any atom is -0.459 e. The molecule has 3 aromatic rings. The number of nitrogens with one attached hydrogen (secondary N) is 1. The van der Waals surface area contributed by atoms with E-state index in [2.05, 4.69) is 16.4 Å². The van der Waals surface area contributed by atoms with Gasteiger partial charge in [-0.2, -0.15) is 4.98 Å². The third kappa shape index (κ3) is 3.03. The number of benzene rings is 1. The molecule has 0 atom stereocenters. The standard InChI is InChI=1S/C18H15N3O4/c22-16(15-6-3-9-24-15)20-18-19-14(11-25-18)17(23)21-8-7-12-4-1-2-5-13(12)10-21/h1-6,9,11H,7-8,10H2,(H,19,20,22). The topological polar surface area (TPSA) is 88.6 Å². The summed E-state index contributed by atoms with van der Waals surface area (Å²) in [4.78, 5) is 30.3. The minimum absolute atomic E-state index is 0.0397. The Bertz CT molecular complexity index is 914. The molecular weight excluding hydrogens is 322 g/mol. The number of amides is 2. The first-order valence-electron chi connectivity index (χ1n) is 7.87. The summed E-state index contributed by atoms with van der Waals surface area (Å²) >= 11 is 0. The monoisotopic (exact) mass is 337 g/mol. The summed E-state index contributed by atoms with van der Waals surface area (Å²) in [5, 5.41) is 2.46. The van der Waals surface area contributed by atoms with E-state index >= 15 is 0 Å². The summed E-state index contributed by atoms with van der Waals surface area (Å²) in [6, 6.07) is 11.2. The average Bonchev–Trinajstić information content (AvgIpc) is 3.32. The Hall–Kier alpha value is -3.35. The Balaban J connectivity index is 1.45. The maximum absolute atomic E-state index is 12.6. The van der Waals surface area contributed by atoms with Crippen molar-refractivity contribution in [2.24, 2.45) is 0 Å². The van der Waals surface area contributed by atoms with Gasteiger partial charge in [0.2, 0.25) is 0 Å². The summed E-state index contributed by atoms with van der Waals surface area (Å²) < 4.78 is 10.2. The second-order valence-electron chi connectivity index (χ2n) is 5.71. The predicted molar refractivity (Wildman–Crippen MR) is 88.1 cm³/mol. The van der Waals surface area contributed by atoms with E-state index in [0.29, 0.717) is 13.1 Å². The molecule has 0 bridgehead atoms. The van der Waals surface area contributed by atoms with Crippen LogP contribution in [0.4, 0.5) is 6.01 Å². The van der Waals surface area contributed by atoms with E-state index in [1.807, 2.05) is 18.2 Å². The molecule has 1 aliphatic heterocycles. The molecule has 2 aromatic heterocycles. The van der Waals surface area contributed by atoms with Crippen LogP contribution < -0.4 is 5.32 Å². The Morgan fingerprint density at radius 3 is 2.72 bits per heavy atom. The summed E-state index contributed by atoms with van der Waals surface area (Å²) in [7, 11) is 0. The molecule has 0 saturated carbocycles. The van der Waals surface area contributed by atoms with Gasteiger partial charge in [0.25, 0.3) is 11.8 Å². The first-order chi connectivity index (χ1) is 12.2. The van der Waals surface area contributed by atoms with Gasteiger partial charge in [0.05, 0.1) is 6.26 Å². The quantitative estimate of drug-likeness (QED) is 0.794. The second kappa shape index (κ2) is 6.27. The SMILES string of the molecule is O=C(Nc1nc(C(=O)N2CCc3ccccc3C2)co1)c1ccco1. The van der Waals surface area contributed by atoms with Gasteiger partial charge in [-0.05, 0) is 29.7 Å². The molecule has 25 heavy (non-hydrogen) atoms. The van der Waals surface area contributed by atoms with Gasteiger partial charge in [-0.25, -0.2) is 0 Å². The molecule has 2 amide bonds. The summed E-state index contributed by atoms with van der Waals surface area (Å²) in [6.07, 6.45) is 3.45. The van der Waals surface area contributed by atoms with Gasteiger partial charge in [-0.1, -0.05) is 24.3 Å². The molecule has 0 radical (unpaired) electrons. The number of hydrogen-bond acceptors (Lipinski definition) is 5. The third-order valence-corrected chi connectivity index (χ3v) is 4.11. The van der Waals surface area contributed by atoms with Crippen molar-refractivity contribution in [1.29, 1.82) is 0 Å². The molecule has 1 aromatic carbocycles. The molecule has 7 nitrogen and oxygen atoms in total. The van der Waals surface area contributed by atoms with Gasteiger partial charge >= 0.3 is 6.01 Å². The fraction of sp³-hybridized carbons (Fsp3) is 0.167. The highest BCUT2D eigenvalue weighted by Gasteiger charge is 2.24. The smallest absolute Gasteiger partial charge is 0.302 e. The predicted octanol–water partition coefficient (Wildman–Crippen LogP) is 2.72. The normalized spacial score (nSPS) is 13.4. The molecule has 126 valence electrons. The van der Waals surface area contributed by atoms with Crippen LogP contribution in [-0.2, 0) is 13.0 Å². The molecule has 7 heteroatoms. The average molecular weight is 337 g/mol. The number of nitrogens with zero attached hydrogens (tertiary/aromatic N) is 2. The number of fused-ring (bicyclic) bond motifs is 1. The highest BCUT2D eigenvalue weighted by atomic mass is 16.4. The molecule has 1 N–H and O–H groups in total. The van der Waals surface area contributed by atoms with E-state index in [-0.39, 0.29) is 23.4 Å². The maximum Gasteiger partial charge on any atom is 0.302 e. The van der Waals surface area contributed by atoms with Crippen molar-refractivity contribution >= 4 is 17.8 Å². The molecule has 4 rings (SSSR count). The van der Waals surface area contributed by atoms with Crippen molar-refractivity contribution < 1.29 is 18.4 Å². The van der Waals surface area contributed by atoms with Gasteiger partial charge in [0, 0.05) is 13.1 Å². The van der Waals surface area contributed by atoms with Crippen LogP contribution in [0, 0.1) is 0 Å². The number of aromatic nitrogens is 1. The Kier molecular flexibility index (Phi) is 3.81. The summed E-state index contributed by atoms with van der Waals surface area (Å²) in [5.41, 5.74) is 2.56. The van der Waals surface area contributed by atoms with E-state index in [1.165, 1.54) is 24.2 Å². The van der Waals surface area contributed by atoms with E-state index in [0.717, 1.165) is 12.0 Å². The molecule has 0 spiro atoms. The number of oxazole rings is 1. The zero-order valence-electron chi connectivity index (χ0n) is 13.3. The molecule has 0 saturated heterocycles. The number of furan rings is 1. The van der Waals surface area contributed by atoms with Gasteiger partial charge in [-0.15, -0.1) is 0 Å². The van der Waals surface area contributed by atoms with Gasteiger partial charge in [0.1, 0.15) is 6.26 Å². The van der Waals surface area contributed by atoms with Crippen LogP contribution in [0.5, 0.6) is 0 Å². The fourth-order valence-corrected chi connectivity index (χ4v) is 2.83. The van der Waals surface area contributed by atoms with E-state index in [4.69, 9.17) is 8.83 Å². The van der Waals surface area contributed by atoms with E-state index in [1.54, 1.807) is 11.0 Å². The van der Waals surface area contributed by atoms with Crippen molar-refractivity contribution in [2.75, 3.05) is 11.9 Å². The van der Waals surface area contributed by atoms with E-state index in [9.17, 15) is 9.59 Å². The van der Waals surface area contributed by atoms with Gasteiger partial charge < -0.3 is 13.7 Å². The van der Waals surface area contributed by atoms with Crippen molar-refractivity contribution in [3.8, 4) is 0 Å². The zero-order chi connectivity index (χ0) is 17.2. The summed E-state index contributed by atoms with van der Waals surface area (Å²) in [6.45, 7) is 1.16. The van der Waals surface area contributed by atoms with Gasteiger partial charge in [-0.3, -0.25) is 14.9 Å². The van der Waals surface area contributed by atoms with E-state index < -0.39 is 5.91 Å². The molecule has 0 fully saturated rings. The maximum atomic E-state index is 12.6. The molecule has 3 heterocycles. The van der Waals surface area contributed by atoms with Crippen molar-refractivity contribution in [1.82, 2.24) is 9.88 Å². The largest absolute Gasteiger partial charge is 0.459 e. The molecular formula is C18H15N3O4. The lowest BCUT2D eigenvalue weighted by Crippen LogP contribution is -2.36. The number of rotatable bonds is 3. The van der Waals surface area contributed by atoms with Crippen LogP contribution in [0.2, 0.25) is 0 Å². The summed E-state index contributed by atoms with van der Waals surface area (Å²) in [5.74, 6) is -0.576. The number of hydrogen-bond donors (Lipinski definition) is 1. The molecule has 1 aliphatic rings. The minimum atomic E-state index is -0.488. The Morgan fingerprint density at radius 1 is 1.08 bits per heavy atom. The van der Waals surface area contributed by atoms with Crippen molar-refractivity contribution in [3.05, 3.63) is 71.5 Å². The molecule has 0 unspecified atom stereocenters. The Morgan fingerprint density at radius 2 is 1.92 bits per heavy atom. The van der Waals surface area contributed by atoms with Gasteiger partial charge in [0.15, 0.2) is 11.5 Å². The van der Waals surface area contributed by atoms with Crippen molar-refractivity contribution in [3.63, 3.8) is 0 Å². The van der Waals surface area contributed by atoms with Crippen LogP contribution in [0.1, 0.15) is 32.2 Å². The number of anilines is 1. The fourth-order valence-electron chi connectivity index (χ4n) is 2.83. The highest BCUT2D eigenvalue weighted by molar-refractivity contribution is 6.01. The third-order valence-electron chi connectivity index (χ3n) is 4.11. The highest BCUT2D eigenvalue weighted by Crippen LogP contribution is 2.20. The lowest BCUT2D eigenvalue weighted by molar-refractivity contribution is 0.0728. The first-order valence-corrected chi connectivity index (χ1v) is 7.87. The lowest BCUT2D eigenvalue weighted by atomic mass is 10.00. The Labute approximate surface area is 143 Å². The van der Waals surface area contributed by atoms with Crippen molar-refractivity contribution in [2.45, 2.75) is 13.0 Å². The second-order valence-corrected chi connectivity index (χ2v) is 5.71. The van der Waals surface area contributed by atoms with Crippen LogP contribution in [0.15, 0.2) is 57.8 Å². The number of carbonyl (C=O) groups is 2. The number of carbonyl (C=O) groups excluding carboxylic acids is 2. The lowest BCUT2D eigenvalue weighted by Gasteiger charge is -2.28. The van der Waals surface area contributed by atoms with Crippen LogP contribution in [0.3, 0.4) is 0 Å². The van der Waals surface area contributed by atoms with Crippen LogP contribution >= 0.6 is 0 Å². The zero-order valence-corrected chi connectivity index (χ0v) is 13.3. The van der Waals surface area contributed by atoms with Crippen LogP contribution in [-0.4, -0.2) is 28.2 Å².